The Morgan fingerprint density at radius 1 is 0.788 bits per heavy atom. The van der Waals surface area contributed by atoms with Crippen LogP contribution in [-0.2, 0) is 6.42 Å². The highest BCUT2D eigenvalue weighted by molar-refractivity contribution is 5.60. The lowest BCUT2D eigenvalue weighted by atomic mass is 9.77. The van der Waals surface area contributed by atoms with Crippen LogP contribution in [0.4, 0.5) is 4.39 Å². The van der Waals surface area contributed by atoms with E-state index in [1.807, 2.05) is 18.3 Å². The van der Waals surface area contributed by atoms with Gasteiger partial charge in [0.2, 0.25) is 0 Å². The van der Waals surface area contributed by atoms with Crippen molar-refractivity contribution < 1.29 is 4.39 Å². The highest BCUT2D eigenvalue weighted by atomic mass is 19.1. The van der Waals surface area contributed by atoms with Gasteiger partial charge in [0.05, 0.1) is 5.69 Å². The Hall–Kier alpha value is -1.70. The van der Waals surface area contributed by atoms with E-state index in [-0.39, 0.29) is 5.82 Å². The van der Waals surface area contributed by atoms with Gasteiger partial charge in [-0.15, -0.1) is 0 Å². The Morgan fingerprint density at radius 3 is 2.12 bits per heavy atom. The second-order valence-electron chi connectivity index (χ2n) is 10.4. The van der Waals surface area contributed by atoms with E-state index in [1.54, 1.807) is 6.07 Å². The molecule has 0 radical (unpaired) electrons. The minimum absolute atomic E-state index is 0.138. The van der Waals surface area contributed by atoms with Crippen LogP contribution >= 0.6 is 0 Å². The molecule has 182 valence electrons. The Balaban J connectivity index is 1.46. The van der Waals surface area contributed by atoms with Crippen molar-refractivity contribution in [2.45, 2.75) is 122 Å². The first-order valence-electron chi connectivity index (χ1n) is 14.0. The first kappa shape index (κ1) is 25.9. The first-order valence-corrected chi connectivity index (χ1v) is 14.0. The Labute approximate surface area is 202 Å². The predicted molar refractivity (Wildman–Crippen MR) is 140 cm³/mol. The summed E-state index contributed by atoms with van der Waals surface area (Å²) in [5.41, 5.74) is 3.82. The van der Waals surface area contributed by atoms with Crippen molar-refractivity contribution in [2.24, 2.45) is 5.92 Å². The fourth-order valence-corrected chi connectivity index (χ4v) is 5.48. The zero-order valence-electron chi connectivity index (χ0n) is 21.3. The largest absolute Gasteiger partial charge is 0.256 e. The van der Waals surface area contributed by atoms with E-state index in [4.69, 9.17) is 0 Å². The third-order valence-corrected chi connectivity index (χ3v) is 7.70. The van der Waals surface area contributed by atoms with E-state index in [1.165, 1.54) is 95.5 Å². The molecule has 0 aliphatic heterocycles. The minimum atomic E-state index is -0.138. The zero-order valence-corrected chi connectivity index (χ0v) is 21.3. The van der Waals surface area contributed by atoms with Gasteiger partial charge in [0.25, 0.3) is 0 Å². The van der Waals surface area contributed by atoms with Gasteiger partial charge in [0.1, 0.15) is 5.82 Å². The first-order chi connectivity index (χ1) is 16.2. The van der Waals surface area contributed by atoms with Crippen molar-refractivity contribution in [3.05, 3.63) is 53.5 Å². The van der Waals surface area contributed by atoms with Gasteiger partial charge in [0, 0.05) is 11.8 Å². The van der Waals surface area contributed by atoms with Crippen molar-refractivity contribution in [3.8, 4) is 11.3 Å². The fraction of sp³-hybridized carbons (Fsp3) is 0.645. The lowest BCUT2D eigenvalue weighted by molar-refractivity contribution is 0.301. The van der Waals surface area contributed by atoms with Crippen molar-refractivity contribution in [3.63, 3.8) is 0 Å². The third kappa shape index (κ3) is 8.54. The van der Waals surface area contributed by atoms with Gasteiger partial charge in [-0.2, -0.15) is 0 Å². The summed E-state index contributed by atoms with van der Waals surface area (Å²) in [4.78, 5) is 4.67. The van der Waals surface area contributed by atoms with Gasteiger partial charge in [-0.3, -0.25) is 4.98 Å². The number of rotatable bonds is 14. The van der Waals surface area contributed by atoms with E-state index in [0.29, 0.717) is 11.5 Å². The van der Waals surface area contributed by atoms with Crippen molar-refractivity contribution >= 4 is 0 Å². The normalized spacial score (nSPS) is 18.5. The quantitative estimate of drug-likeness (QED) is 0.260. The second kappa shape index (κ2) is 14.5. The molecule has 1 aliphatic carbocycles. The monoisotopic (exact) mass is 451 g/mol. The fourth-order valence-electron chi connectivity index (χ4n) is 5.48. The van der Waals surface area contributed by atoms with E-state index < -0.39 is 0 Å². The highest BCUT2D eigenvalue weighted by Crippen LogP contribution is 2.38. The number of nitrogens with zero attached hydrogens (tertiary/aromatic N) is 1. The summed E-state index contributed by atoms with van der Waals surface area (Å²) in [7, 11) is 0. The SMILES string of the molecule is CCCCCCCc1ccc(-c2ccc(C3CCC(CCCCCCC)CC3)cn2)c(F)c1. The Morgan fingerprint density at radius 2 is 1.48 bits per heavy atom. The summed E-state index contributed by atoms with van der Waals surface area (Å²) in [6, 6.07) is 9.94. The van der Waals surface area contributed by atoms with Gasteiger partial charge in [-0.05, 0) is 79.7 Å². The number of aromatic nitrogens is 1. The number of halogens is 1. The third-order valence-electron chi connectivity index (χ3n) is 7.70. The van der Waals surface area contributed by atoms with Gasteiger partial charge in [-0.1, -0.05) is 90.2 Å². The summed E-state index contributed by atoms with van der Waals surface area (Å²) < 4.78 is 14.8. The van der Waals surface area contributed by atoms with Crippen LogP contribution in [0.25, 0.3) is 11.3 Å². The number of aryl methyl sites for hydroxylation is 1. The zero-order chi connectivity index (χ0) is 23.3. The molecule has 1 fully saturated rings. The van der Waals surface area contributed by atoms with Crippen molar-refractivity contribution in [1.29, 1.82) is 0 Å². The van der Waals surface area contributed by atoms with Gasteiger partial charge in [0.15, 0.2) is 0 Å². The number of unbranched alkanes of at least 4 members (excludes halogenated alkanes) is 8. The molecule has 1 aliphatic rings. The number of benzene rings is 1. The molecule has 2 heteroatoms. The standard InChI is InChI=1S/C31H46FN/c1-3-5-7-9-11-13-25-15-18-27(19-16-25)28-20-22-31(33-24-28)29-21-17-26(23-30(29)32)14-12-10-8-6-4-2/h17,20-25,27H,3-16,18-19H2,1-2H3. The van der Waals surface area contributed by atoms with E-state index in [0.717, 1.165) is 30.0 Å². The average molecular weight is 452 g/mol. The maximum atomic E-state index is 14.8. The lowest BCUT2D eigenvalue weighted by Crippen LogP contribution is -2.13. The maximum absolute atomic E-state index is 14.8. The molecule has 1 aromatic heterocycles. The molecule has 1 heterocycles. The van der Waals surface area contributed by atoms with E-state index in [9.17, 15) is 4.39 Å². The van der Waals surface area contributed by atoms with E-state index in [2.05, 4.69) is 31.0 Å². The summed E-state index contributed by atoms with van der Waals surface area (Å²) in [5, 5.41) is 0. The smallest absolute Gasteiger partial charge is 0.132 e. The molecule has 33 heavy (non-hydrogen) atoms. The predicted octanol–water partition coefficient (Wildman–Crippen LogP) is 10.0. The maximum Gasteiger partial charge on any atom is 0.132 e. The molecule has 3 rings (SSSR count). The topological polar surface area (TPSA) is 12.9 Å². The molecule has 0 unspecified atom stereocenters. The number of pyridine rings is 1. The molecular formula is C31H46FN. The van der Waals surface area contributed by atoms with Gasteiger partial charge in [-0.25, -0.2) is 4.39 Å². The minimum Gasteiger partial charge on any atom is -0.256 e. The lowest BCUT2D eigenvalue weighted by Gasteiger charge is -2.28. The Kier molecular flexibility index (Phi) is 11.4. The molecule has 0 saturated heterocycles. The molecule has 0 bridgehead atoms. The molecule has 1 nitrogen and oxygen atoms in total. The van der Waals surface area contributed by atoms with Crippen LogP contribution in [-0.4, -0.2) is 4.98 Å². The summed E-state index contributed by atoms with van der Waals surface area (Å²) in [6.07, 6.45) is 22.8. The van der Waals surface area contributed by atoms with Crippen LogP contribution in [0.5, 0.6) is 0 Å². The average Bonchev–Trinajstić information content (AvgIpc) is 2.84. The second-order valence-corrected chi connectivity index (χ2v) is 10.4. The summed E-state index contributed by atoms with van der Waals surface area (Å²) in [6.45, 7) is 4.52. The van der Waals surface area contributed by atoms with Crippen LogP contribution in [0.15, 0.2) is 36.5 Å². The number of hydrogen-bond acceptors (Lipinski definition) is 1. The molecule has 0 atom stereocenters. The van der Waals surface area contributed by atoms with Crippen LogP contribution in [0, 0.1) is 11.7 Å². The van der Waals surface area contributed by atoms with Crippen molar-refractivity contribution in [1.82, 2.24) is 4.98 Å². The number of hydrogen-bond donors (Lipinski definition) is 0. The van der Waals surface area contributed by atoms with Crippen LogP contribution in [0.3, 0.4) is 0 Å². The van der Waals surface area contributed by atoms with Crippen molar-refractivity contribution in [2.75, 3.05) is 0 Å². The van der Waals surface area contributed by atoms with E-state index >= 15 is 0 Å². The Bertz CT molecular complexity index is 789. The molecule has 1 aromatic carbocycles. The molecule has 0 amide bonds. The molecule has 0 N–H and O–H groups in total. The molecule has 1 saturated carbocycles. The van der Waals surface area contributed by atoms with Gasteiger partial charge >= 0.3 is 0 Å². The van der Waals surface area contributed by atoms with Crippen LogP contribution in [0.1, 0.15) is 127 Å². The molecule has 0 spiro atoms. The highest BCUT2D eigenvalue weighted by Gasteiger charge is 2.22. The van der Waals surface area contributed by atoms with Crippen LogP contribution < -0.4 is 0 Å². The molecular weight excluding hydrogens is 405 g/mol. The molecule has 2 aromatic rings. The van der Waals surface area contributed by atoms with Gasteiger partial charge < -0.3 is 0 Å². The summed E-state index contributed by atoms with van der Waals surface area (Å²) in [5.74, 6) is 1.41. The summed E-state index contributed by atoms with van der Waals surface area (Å²) >= 11 is 0. The van der Waals surface area contributed by atoms with Crippen LogP contribution in [0.2, 0.25) is 0 Å².